The van der Waals surface area contributed by atoms with Crippen molar-refractivity contribution in [1.29, 1.82) is 0 Å². The van der Waals surface area contributed by atoms with Gasteiger partial charge in [-0.05, 0) is 38.3 Å². The minimum Gasteiger partial charge on any atom is -0.300 e. The van der Waals surface area contributed by atoms with Gasteiger partial charge in [0.1, 0.15) is 0 Å². The van der Waals surface area contributed by atoms with Crippen LogP contribution in [0.2, 0.25) is 0 Å². The molecule has 1 saturated carbocycles. The predicted octanol–water partition coefficient (Wildman–Crippen LogP) is 3.04. The van der Waals surface area contributed by atoms with E-state index in [0.29, 0.717) is 0 Å². The number of alkyl halides is 1. The van der Waals surface area contributed by atoms with Crippen LogP contribution in [0.1, 0.15) is 38.5 Å². The van der Waals surface area contributed by atoms with Crippen molar-refractivity contribution in [3.05, 3.63) is 0 Å². The Morgan fingerprint density at radius 1 is 1.15 bits per heavy atom. The van der Waals surface area contributed by atoms with Crippen molar-refractivity contribution in [2.45, 2.75) is 44.6 Å². The Morgan fingerprint density at radius 3 is 2.69 bits per heavy atom. The quantitative estimate of drug-likeness (QED) is 0.689. The van der Waals surface area contributed by atoms with Gasteiger partial charge in [0.05, 0.1) is 0 Å². The lowest BCUT2D eigenvalue weighted by Crippen LogP contribution is -2.41. The van der Waals surface area contributed by atoms with E-state index in [2.05, 4.69) is 20.8 Å². The maximum atomic E-state index is 3.63. The van der Waals surface area contributed by atoms with Crippen LogP contribution in [0.15, 0.2) is 0 Å². The van der Waals surface area contributed by atoms with Crippen molar-refractivity contribution < 1.29 is 0 Å². The third kappa shape index (κ3) is 2.95. The summed E-state index contributed by atoms with van der Waals surface area (Å²) in [6.07, 6.45) is 8.75. The van der Waals surface area contributed by atoms with Gasteiger partial charge < -0.3 is 0 Å². The van der Waals surface area contributed by atoms with Gasteiger partial charge in [-0.25, -0.2) is 0 Å². The van der Waals surface area contributed by atoms with Crippen LogP contribution >= 0.6 is 15.9 Å². The highest BCUT2D eigenvalue weighted by Crippen LogP contribution is 2.33. The molecule has 1 aliphatic carbocycles. The molecule has 76 valence electrons. The Bertz CT molecular complexity index is 156. The highest BCUT2D eigenvalue weighted by Gasteiger charge is 2.25. The summed E-state index contributed by atoms with van der Waals surface area (Å²) in [7, 11) is 0. The molecular formula is C11H20BrN. The third-order valence-corrected chi connectivity index (χ3v) is 4.20. The molecule has 0 bridgehead atoms. The standard InChI is InChI=1S/C11H20BrN/c12-9-11-3-1-2-7-13(11)8-6-10-4-5-10/h10-11H,1-9H2. The van der Waals surface area contributed by atoms with E-state index in [1.54, 1.807) is 0 Å². The topological polar surface area (TPSA) is 3.24 Å². The van der Waals surface area contributed by atoms with Gasteiger partial charge in [-0.15, -0.1) is 0 Å². The molecule has 13 heavy (non-hydrogen) atoms. The summed E-state index contributed by atoms with van der Waals surface area (Å²) in [4.78, 5) is 2.70. The second kappa shape index (κ2) is 4.79. The van der Waals surface area contributed by atoms with E-state index < -0.39 is 0 Å². The minimum atomic E-state index is 0.840. The van der Waals surface area contributed by atoms with Crippen molar-refractivity contribution in [1.82, 2.24) is 4.90 Å². The van der Waals surface area contributed by atoms with Crippen LogP contribution in [0, 0.1) is 5.92 Å². The number of hydrogen-bond donors (Lipinski definition) is 0. The molecule has 0 aromatic carbocycles. The van der Waals surface area contributed by atoms with E-state index in [0.717, 1.165) is 12.0 Å². The Morgan fingerprint density at radius 2 is 2.00 bits per heavy atom. The van der Waals surface area contributed by atoms with Gasteiger partial charge in [-0.1, -0.05) is 35.2 Å². The van der Waals surface area contributed by atoms with Crippen molar-refractivity contribution in [2.75, 3.05) is 18.4 Å². The van der Waals surface area contributed by atoms with Crippen LogP contribution in [-0.2, 0) is 0 Å². The normalized spacial score (nSPS) is 30.7. The largest absolute Gasteiger partial charge is 0.300 e. The summed E-state index contributed by atoms with van der Waals surface area (Å²) < 4.78 is 0. The molecule has 2 rings (SSSR count). The average molecular weight is 246 g/mol. The second-order valence-electron chi connectivity index (χ2n) is 4.57. The van der Waals surface area contributed by atoms with E-state index in [-0.39, 0.29) is 0 Å². The smallest absolute Gasteiger partial charge is 0.0192 e. The van der Waals surface area contributed by atoms with Crippen LogP contribution in [0.3, 0.4) is 0 Å². The molecule has 1 atom stereocenters. The summed E-state index contributed by atoms with van der Waals surface area (Å²) >= 11 is 3.63. The number of hydrogen-bond acceptors (Lipinski definition) is 1. The highest BCUT2D eigenvalue weighted by atomic mass is 79.9. The van der Waals surface area contributed by atoms with Gasteiger partial charge in [-0.3, -0.25) is 4.90 Å². The first-order valence-electron chi connectivity index (χ1n) is 5.70. The Labute approximate surface area is 90.0 Å². The third-order valence-electron chi connectivity index (χ3n) is 3.45. The summed E-state index contributed by atoms with van der Waals surface area (Å²) in [5, 5.41) is 1.18. The number of likely N-dealkylation sites (tertiary alicyclic amines) is 1. The number of halogens is 1. The zero-order chi connectivity index (χ0) is 9.10. The molecule has 2 heteroatoms. The Kier molecular flexibility index (Phi) is 3.67. The number of rotatable bonds is 4. The lowest BCUT2D eigenvalue weighted by molar-refractivity contribution is 0.160. The highest BCUT2D eigenvalue weighted by molar-refractivity contribution is 9.09. The molecule has 1 nitrogen and oxygen atoms in total. The SMILES string of the molecule is BrCC1CCCCN1CCC1CC1. The molecule has 1 unspecified atom stereocenters. The molecule has 0 N–H and O–H groups in total. The van der Waals surface area contributed by atoms with Crippen LogP contribution in [0.4, 0.5) is 0 Å². The summed E-state index contributed by atoms with van der Waals surface area (Å²) in [5.74, 6) is 1.10. The predicted molar refractivity (Wildman–Crippen MR) is 60.3 cm³/mol. The van der Waals surface area contributed by atoms with E-state index in [4.69, 9.17) is 0 Å². The first-order valence-corrected chi connectivity index (χ1v) is 6.82. The molecule has 1 saturated heterocycles. The van der Waals surface area contributed by atoms with E-state index >= 15 is 0 Å². The van der Waals surface area contributed by atoms with Gasteiger partial charge in [0, 0.05) is 11.4 Å². The van der Waals surface area contributed by atoms with Crippen molar-refractivity contribution in [2.24, 2.45) is 5.92 Å². The summed E-state index contributed by atoms with van der Waals surface area (Å²) in [6.45, 7) is 2.71. The molecule has 2 fully saturated rings. The summed E-state index contributed by atoms with van der Waals surface area (Å²) in [5.41, 5.74) is 0. The Hall–Kier alpha value is 0.440. The second-order valence-corrected chi connectivity index (χ2v) is 5.22. The molecule has 0 radical (unpaired) electrons. The monoisotopic (exact) mass is 245 g/mol. The molecule has 1 heterocycles. The van der Waals surface area contributed by atoms with Crippen molar-refractivity contribution in [3.8, 4) is 0 Å². The Balaban J connectivity index is 1.72. The van der Waals surface area contributed by atoms with Gasteiger partial charge in [0.15, 0.2) is 0 Å². The minimum absolute atomic E-state index is 0.840. The van der Waals surface area contributed by atoms with E-state index in [9.17, 15) is 0 Å². The van der Waals surface area contributed by atoms with Crippen LogP contribution in [0.25, 0.3) is 0 Å². The maximum absolute atomic E-state index is 3.63. The number of piperidine rings is 1. The van der Waals surface area contributed by atoms with Gasteiger partial charge >= 0.3 is 0 Å². The lowest BCUT2D eigenvalue weighted by Gasteiger charge is -2.34. The summed E-state index contributed by atoms with van der Waals surface area (Å²) in [6, 6.07) is 0.840. The zero-order valence-corrected chi connectivity index (χ0v) is 9.93. The maximum Gasteiger partial charge on any atom is 0.0192 e. The zero-order valence-electron chi connectivity index (χ0n) is 8.34. The first kappa shape index (κ1) is 9.97. The fourth-order valence-corrected chi connectivity index (χ4v) is 3.02. The van der Waals surface area contributed by atoms with Gasteiger partial charge in [0.2, 0.25) is 0 Å². The lowest BCUT2D eigenvalue weighted by atomic mass is 10.0. The molecular weight excluding hydrogens is 226 g/mol. The first-order chi connectivity index (χ1) is 6.40. The fourth-order valence-electron chi connectivity index (χ4n) is 2.28. The van der Waals surface area contributed by atoms with Gasteiger partial charge in [0.25, 0.3) is 0 Å². The van der Waals surface area contributed by atoms with Crippen LogP contribution in [-0.4, -0.2) is 29.4 Å². The molecule has 0 amide bonds. The molecule has 0 spiro atoms. The van der Waals surface area contributed by atoms with Crippen LogP contribution in [0.5, 0.6) is 0 Å². The van der Waals surface area contributed by atoms with E-state index in [1.807, 2.05) is 0 Å². The average Bonchev–Trinajstić information content (AvgIpc) is 2.99. The fraction of sp³-hybridized carbons (Fsp3) is 1.00. The van der Waals surface area contributed by atoms with Crippen molar-refractivity contribution in [3.63, 3.8) is 0 Å². The molecule has 0 aromatic heterocycles. The van der Waals surface area contributed by atoms with Crippen molar-refractivity contribution >= 4 is 15.9 Å². The molecule has 0 aromatic rings. The number of nitrogens with zero attached hydrogens (tertiary/aromatic N) is 1. The molecule has 2 aliphatic rings. The van der Waals surface area contributed by atoms with Gasteiger partial charge in [-0.2, -0.15) is 0 Å². The van der Waals surface area contributed by atoms with E-state index in [1.165, 1.54) is 56.9 Å². The molecule has 1 aliphatic heterocycles. The van der Waals surface area contributed by atoms with Crippen LogP contribution < -0.4 is 0 Å².